The molecule has 1 N–H and O–H groups in total. The zero-order chi connectivity index (χ0) is 11.0. The van der Waals surface area contributed by atoms with Gasteiger partial charge in [0.1, 0.15) is 6.10 Å². The molecular weight excluding hydrogens is 197 g/mol. The maximum absolute atomic E-state index is 11.8. The topological polar surface area (TPSA) is 29.5 Å². The first-order valence-electron chi connectivity index (χ1n) is 4.81. The van der Waals surface area contributed by atoms with Crippen molar-refractivity contribution in [3.8, 4) is 0 Å². The highest BCUT2D eigenvalue weighted by Crippen LogP contribution is 2.23. The number of halogens is 3. The number of aliphatic hydroxyl groups excluding tert-OH is 1. The molecule has 2 nitrogen and oxygen atoms in total. The van der Waals surface area contributed by atoms with Crippen LogP contribution in [0.2, 0.25) is 0 Å². The van der Waals surface area contributed by atoms with E-state index in [-0.39, 0.29) is 6.42 Å². The fraction of sp³-hybridized carbons (Fsp3) is 1.00. The molecule has 0 amide bonds. The van der Waals surface area contributed by atoms with E-state index in [1.807, 2.05) is 6.92 Å². The summed E-state index contributed by atoms with van der Waals surface area (Å²) in [6.07, 6.45) is -5.10. The Labute approximate surface area is 82.1 Å². The summed E-state index contributed by atoms with van der Waals surface area (Å²) < 4.78 is 40.5. The van der Waals surface area contributed by atoms with Crippen molar-refractivity contribution in [2.45, 2.75) is 44.9 Å². The van der Waals surface area contributed by atoms with Crippen molar-refractivity contribution in [3.05, 3.63) is 0 Å². The fourth-order valence-corrected chi connectivity index (χ4v) is 0.952. The Hall–Kier alpha value is -0.290. The van der Waals surface area contributed by atoms with Crippen LogP contribution in [0.3, 0.4) is 0 Å². The average molecular weight is 214 g/mol. The van der Waals surface area contributed by atoms with Crippen LogP contribution in [0.1, 0.15) is 32.6 Å². The molecule has 86 valence electrons. The quantitative estimate of drug-likeness (QED) is 0.660. The van der Waals surface area contributed by atoms with E-state index < -0.39 is 12.3 Å². The first kappa shape index (κ1) is 13.7. The van der Waals surface area contributed by atoms with Crippen molar-refractivity contribution >= 4 is 0 Å². The van der Waals surface area contributed by atoms with Crippen molar-refractivity contribution in [2.75, 3.05) is 13.2 Å². The Morgan fingerprint density at radius 3 is 2.36 bits per heavy atom. The van der Waals surface area contributed by atoms with E-state index in [1.54, 1.807) is 0 Å². The summed E-state index contributed by atoms with van der Waals surface area (Å²) >= 11 is 0. The summed E-state index contributed by atoms with van der Waals surface area (Å²) in [4.78, 5) is 0. The number of ether oxygens (including phenoxy) is 1. The summed E-state index contributed by atoms with van der Waals surface area (Å²) in [7, 11) is 0. The molecule has 0 fully saturated rings. The van der Waals surface area contributed by atoms with Crippen LogP contribution in [0.25, 0.3) is 0 Å². The Morgan fingerprint density at radius 2 is 1.86 bits per heavy atom. The Kier molecular flexibility index (Phi) is 6.92. The van der Waals surface area contributed by atoms with Gasteiger partial charge in [-0.05, 0) is 25.7 Å². The van der Waals surface area contributed by atoms with Crippen LogP contribution < -0.4 is 0 Å². The molecule has 0 aromatic heterocycles. The van der Waals surface area contributed by atoms with Crippen LogP contribution in [0.5, 0.6) is 0 Å². The van der Waals surface area contributed by atoms with Gasteiger partial charge in [-0.3, -0.25) is 0 Å². The highest BCUT2D eigenvalue weighted by Gasteiger charge is 2.37. The lowest BCUT2D eigenvalue weighted by Gasteiger charge is -2.13. The molecule has 0 rings (SSSR count). The monoisotopic (exact) mass is 214 g/mol. The van der Waals surface area contributed by atoms with Crippen molar-refractivity contribution in [2.24, 2.45) is 0 Å². The average Bonchev–Trinajstić information content (AvgIpc) is 2.09. The third-order valence-corrected chi connectivity index (χ3v) is 1.74. The van der Waals surface area contributed by atoms with E-state index in [1.165, 1.54) is 0 Å². The highest BCUT2D eigenvalue weighted by molar-refractivity contribution is 4.64. The second-order valence-electron chi connectivity index (χ2n) is 3.17. The SMILES string of the molecule is CCCOCCCCC(O)C(F)(F)F. The molecule has 0 spiro atoms. The molecule has 0 radical (unpaired) electrons. The van der Waals surface area contributed by atoms with Crippen molar-refractivity contribution < 1.29 is 23.0 Å². The maximum atomic E-state index is 11.8. The molecule has 1 unspecified atom stereocenters. The number of unbranched alkanes of at least 4 members (excludes halogenated alkanes) is 1. The molecule has 0 saturated heterocycles. The lowest BCUT2D eigenvalue weighted by Crippen LogP contribution is -2.28. The van der Waals surface area contributed by atoms with Gasteiger partial charge in [-0.1, -0.05) is 6.92 Å². The molecular formula is C9H17F3O2. The van der Waals surface area contributed by atoms with Crippen LogP contribution in [-0.4, -0.2) is 30.6 Å². The lowest BCUT2D eigenvalue weighted by atomic mass is 10.1. The fourth-order valence-electron chi connectivity index (χ4n) is 0.952. The van der Waals surface area contributed by atoms with Gasteiger partial charge < -0.3 is 9.84 Å². The van der Waals surface area contributed by atoms with Gasteiger partial charge >= 0.3 is 6.18 Å². The molecule has 0 aliphatic heterocycles. The van der Waals surface area contributed by atoms with Crippen LogP contribution in [-0.2, 0) is 4.74 Å². The second kappa shape index (κ2) is 7.06. The van der Waals surface area contributed by atoms with Gasteiger partial charge in [-0.2, -0.15) is 13.2 Å². The third-order valence-electron chi connectivity index (χ3n) is 1.74. The third kappa shape index (κ3) is 7.15. The molecule has 0 saturated carbocycles. The smallest absolute Gasteiger partial charge is 0.384 e. The van der Waals surface area contributed by atoms with E-state index in [2.05, 4.69) is 0 Å². The molecule has 1 atom stereocenters. The largest absolute Gasteiger partial charge is 0.414 e. The van der Waals surface area contributed by atoms with Gasteiger partial charge in [0.05, 0.1) is 0 Å². The number of aliphatic hydroxyl groups is 1. The number of hydrogen-bond acceptors (Lipinski definition) is 2. The second-order valence-corrected chi connectivity index (χ2v) is 3.17. The van der Waals surface area contributed by atoms with E-state index in [0.29, 0.717) is 26.1 Å². The minimum atomic E-state index is -4.48. The molecule has 0 heterocycles. The number of alkyl halides is 3. The van der Waals surface area contributed by atoms with Gasteiger partial charge in [0, 0.05) is 13.2 Å². The van der Waals surface area contributed by atoms with E-state index in [9.17, 15) is 13.2 Å². The van der Waals surface area contributed by atoms with Gasteiger partial charge in [0.25, 0.3) is 0 Å². The van der Waals surface area contributed by atoms with Crippen LogP contribution >= 0.6 is 0 Å². The molecule has 0 aliphatic carbocycles. The van der Waals surface area contributed by atoms with E-state index >= 15 is 0 Å². The van der Waals surface area contributed by atoms with Crippen LogP contribution in [0.15, 0.2) is 0 Å². The Bertz CT molecular complexity index is 137. The van der Waals surface area contributed by atoms with Gasteiger partial charge in [-0.15, -0.1) is 0 Å². The highest BCUT2D eigenvalue weighted by atomic mass is 19.4. The Balaban J connectivity index is 3.28. The molecule has 5 heteroatoms. The minimum Gasteiger partial charge on any atom is -0.384 e. The molecule has 0 aromatic rings. The summed E-state index contributed by atoms with van der Waals surface area (Å²) in [5, 5.41) is 8.62. The molecule has 0 bridgehead atoms. The van der Waals surface area contributed by atoms with Gasteiger partial charge in [0.2, 0.25) is 0 Å². The van der Waals surface area contributed by atoms with E-state index in [0.717, 1.165) is 6.42 Å². The normalized spacial score (nSPS) is 14.4. The lowest BCUT2D eigenvalue weighted by molar-refractivity contribution is -0.205. The van der Waals surface area contributed by atoms with Crippen molar-refractivity contribution in [1.29, 1.82) is 0 Å². The van der Waals surface area contributed by atoms with Gasteiger partial charge in [0.15, 0.2) is 0 Å². The summed E-state index contributed by atoms with van der Waals surface area (Å²) in [6.45, 7) is 3.08. The maximum Gasteiger partial charge on any atom is 0.414 e. The predicted molar refractivity (Wildman–Crippen MR) is 47.0 cm³/mol. The van der Waals surface area contributed by atoms with Crippen molar-refractivity contribution in [1.82, 2.24) is 0 Å². The first-order valence-corrected chi connectivity index (χ1v) is 4.81. The zero-order valence-electron chi connectivity index (χ0n) is 8.31. The molecule has 0 aromatic carbocycles. The van der Waals surface area contributed by atoms with Crippen LogP contribution in [0, 0.1) is 0 Å². The zero-order valence-corrected chi connectivity index (χ0v) is 8.31. The summed E-state index contributed by atoms with van der Waals surface area (Å²) in [6, 6.07) is 0. The number of rotatable bonds is 7. The van der Waals surface area contributed by atoms with Crippen molar-refractivity contribution in [3.63, 3.8) is 0 Å². The van der Waals surface area contributed by atoms with E-state index in [4.69, 9.17) is 9.84 Å². The molecule has 14 heavy (non-hydrogen) atoms. The molecule has 0 aliphatic rings. The van der Waals surface area contributed by atoms with Gasteiger partial charge in [-0.25, -0.2) is 0 Å². The number of hydrogen-bond donors (Lipinski definition) is 1. The standard InChI is InChI=1S/C9H17F3O2/c1-2-6-14-7-4-3-5-8(13)9(10,11)12/h8,13H,2-7H2,1H3. The first-order chi connectivity index (χ1) is 6.48. The summed E-state index contributed by atoms with van der Waals surface area (Å²) in [5.41, 5.74) is 0. The minimum absolute atomic E-state index is 0.237. The Morgan fingerprint density at radius 1 is 1.21 bits per heavy atom. The summed E-state index contributed by atoms with van der Waals surface area (Å²) in [5.74, 6) is 0. The predicted octanol–water partition coefficient (Wildman–Crippen LogP) is 2.51. The van der Waals surface area contributed by atoms with Crippen LogP contribution in [0.4, 0.5) is 13.2 Å².